The van der Waals surface area contributed by atoms with Gasteiger partial charge in [-0.05, 0) is 48.4 Å². The Morgan fingerprint density at radius 1 is 1.11 bits per heavy atom. The predicted molar refractivity (Wildman–Crippen MR) is 134 cm³/mol. The molecule has 1 aliphatic heterocycles. The molecular formula is C28H30N4O3. The van der Waals surface area contributed by atoms with Crippen molar-refractivity contribution in [2.75, 3.05) is 19.7 Å². The number of rotatable bonds is 8. The number of carbonyl (C=O) groups excluding carboxylic acids is 1. The van der Waals surface area contributed by atoms with Gasteiger partial charge in [0.15, 0.2) is 0 Å². The number of aromatic nitrogens is 2. The quantitative estimate of drug-likeness (QED) is 0.421. The average molecular weight is 471 g/mol. The highest BCUT2D eigenvalue weighted by atomic mass is 16.5. The second-order valence-corrected chi connectivity index (χ2v) is 8.93. The number of imidazole rings is 1. The van der Waals surface area contributed by atoms with Gasteiger partial charge in [-0.3, -0.25) is 9.69 Å². The second kappa shape index (κ2) is 10.7. The van der Waals surface area contributed by atoms with E-state index in [0.29, 0.717) is 24.5 Å². The highest BCUT2D eigenvalue weighted by molar-refractivity contribution is 5.94. The van der Waals surface area contributed by atoms with Crippen LogP contribution in [0.2, 0.25) is 0 Å². The van der Waals surface area contributed by atoms with Crippen LogP contribution in [0.5, 0.6) is 5.75 Å². The van der Waals surface area contributed by atoms with E-state index in [1.807, 2.05) is 53.2 Å². The molecule has 1 fully saturated rings. The Labute approximate surface area is 205 Å². The molecule has 1 amide bonds. The van der Waals surface area contributed by atoms with E-state index in [2.05, 4.69) is 40.3 Å². The van der Waals surface area contributed by atoms with Crippen molar-refractivity contribution in [3.8, 4) is 5.75 Å². The molecule has 2 aromatic heterocycles. The van der Waals surface area contributed by atoms with E-state index in [1.165, 1.54) is 5.56 Å². The van der Waals surface area contributed by atoms with E-state index in [-0.39, 0.29) is 12.0 Å². The normalized spacial score (nSPS) is 16.3. The van der Waals surface area contributed by atoms with E-state index in [0.717, 1.165) is 43.1 Å². The predicted octanol–water partition coefficient (Wildman–Crippen LogP) is 4.06. The molecule has 1 unspecified atom stereocenters. The number of benzene rings is 2. The van der Waals surface area contributed by atoms with Crippen molar-refractivity contribution >= 4 is 11.6 Å². The fourth-order valence-corrected chi connectivity index (χ4v) is 4.36. The number of carbonyl (C=O) groups is 1. The zero-order chi connectivity index (χ0) is 24.0. The van der Waals surface area contributed by atoms with Crippen molar-refractivity contribution in [2.45, 2.75) is 32.7 Å². The maximum Gasteiger partial charge on any atom is 0.251 e. The van der Waals surface area contributed by atoms with Crippen LogP contribution >= 0.6 is 0 Å². The first-order valence-corrected chi connectivity index (χ1v) is 12.0. The van der Waals surface area contributed by atoms with Crippen LogP contribution in [0.15, 0.2) is 79.1 Å². The van der Waals surface area contributed by atoms with E-state index in [4.69, 9.17) is 9.47 Å². The zero-order valence-electron chi connectivity index (χ0n) is 19.9. The molecule has 35 heavy (non-hydrogen) atoms. The first-order chi connectivity index (χ1) is 17.1. The first-order valence-electron chi connectivity index (χ1n) is 12.0. The highest BCUT2D eigenvalue weighted by Gasteiger charge is 2.16. The lowest BCUT2D eigenvalue weighted by Gasteiger charge is -2.31. The molecule has 1 aliphatic rings. The number of nitrogens with one attached hydrogen (secondary N) is 1. The number of ether oxygens (including phenoxy) is 2. The molecule has 0 spiro atoms. The maximum atomic E-state index is 12.8. The molecular weight excluding hydrogens is 440 g/mol. The summed E-state index contributed by atoms with van der Waals surface area (Å²) in [6.07, 6.45) is 4.17. The SMILES string of the molecule is CC1CN(Cc2cccc(CNC(=O)c3cccc(OCc4cn5ccccc5n4)c3)c2)CCO1. The van der Waals surface area contributed by atoms with Crippen LogP contribution in [0, 0.1) is 0 Å². The molecule has 1 N–H and O–H groups in total. The summed E-state index contributed by atoms with van der Waals surface area (Å²) in [4.78, 5) is 19.7. The van der Waals surface area contributed by atoms with Gasteiger partial charge in [-0.15, -0.1) is 0 Å². The number of amides is 1. The van der Waals surface area contributed by atoms with Crippen molar-refractivity contribution in [1.29, 1.82) is 0 Å². The van der Waals surface area contributed by atoms with Crippen LogP contribution in [-0.2, 0) is 24.4 Å². The Morgan fingerprint density at radius 3 is 2.89 bits per heavy atom. The van der Waals surface area contributed by atoms with Crippen molar-refractivity contribution < 1.29 is 14.3 Å². The summed E-state index contributed by atoms with van der Waals surface area (Å²) in [5, 5.41) is 3.03. The van der Waals surface area contributed by atoms with Gasteiger partial charge in [0.25, 0.3) is 5.91 Å². The molecule has 5 rings (SSSR count). The highest BCUT2D eigenvalue weighted by Crippen LogP contribution is 2.16. The molecule has 1 saturated heterocycles. The molecule has 2 aromatic carbocycles. The number of hydrogen-bond donors (Lipinski definition) is 1. The Bertz CT molecular complexity index is 1270. The standard InChI is InChI=1S/C28H30N4O3/c1-21-17-31(12-13-34-21)18-23-7-4-6-22(14-23)16-29-28(33)24-8-5-9-26(15-24)35-20-25-19-32-11-3-2-10-27(32)30-25/h2-11,14-15,19,21H,12-13,16-18,20H2,1H3,(H,29,33). The van der Waals surface area contributed by atoms with Gasteiger partial charge < -0.3 is 19.2 Å². The van der Waals surface area contributed by atoms with Gasteiger partial charge in [0.05, 0.1) is 18.4 Å². The molecule has 3 heterocycles. The Balaban J connectivity index is 1.15. The topological polar surface area (TPSA) is 68.1 Å². The molecule has 4 aromatic rings. The minimum Gasteiger partial charge on any atom is -0.487 e. The lowest BCUT2D eigenvalue weighted by molar-refractivity contribution is -0.0212. The zero-order valence-corrected chi connectivity index (χ0v) is 19.9. The van der Waals surface area contributed by atoms with Gasteiger partial charge >= 0.3 is 0 Å². The summed E-state index contributed by atoms with van der Waals surface area (Å²) < 4.78 is 13.5. The minimum absolute atomic E-state index is 0.129. The number of pyridine rings is 1. The Kier molecular flexibility index (Phi) is 7.07. The van der Waals surface area contributed by atoms with Crippen LogP contribution in [0.3, 0.4) is 0 Å². The van der Waals surface area contributed by atoms with E-state index < -0.39 is 0 Å². The van der Waals surface area contributed by atoms with E-state index >= 15 is 0 Å². The summed E-state index contributed by atoms with van der Waals surface area (Å²) >= 11 is 0. The van der Waals surface area contributed by atoms with Crippen LogP contribution in [0.25, 0.3) is 5.65 Å². The molecule has 7 nitrogen and oxygen atoms in total. The van der Waals surface area contributed by atoms with Gasteiger partial charge in [-0.2, -0.15) is 0 Å². The fourth-order valence-electron chi connectivity index (χ4n) is 4.36. The van der Waals surface area contributed by atoms with Crippen LogP contribution in [0.4, 0.5) is 0 Å². The van der Waals surface area contributed by atoms with Crippen molar-refractivity contribution in [3.63, 3.8) is 0 Å². The van der Waals surface area contributed by atoms with Gasteiger partial charge in [0.2, 0.25) is 0 Å². The third kappa shape index (κ3) is 6.07. The van der Waals surface area contributed by atoms with Gasteiger partial charge in [0, 0.05) is 44.1 Å². The summed E-state index contributed by atoms with van der Waals surface area (Å²) in [7, 11) is 0. The lowest BCUT2D eigenvalue weighted by atomic mass is 10.1. The number of hydrogen-bond acceptors (Lipinski definition) is 5. The summed E-state index contributed by atoms with van der Waals surface area (Å²) in [6.45, 7) is 6.47. The largest absolute Gasteiger partial charge is 0.487 e. The monoisotopic (exact) mass is 470 g/mol. The number of fused-ring (bicyclic) bond motifs is 1. The molecule has 180 valence electrons. The molecule has 0 aliphatic carbocycles. The Hall–Kier alpha value is -3.68. The molecule has 7 heteroatoms. The van der Waals surface area contributed by atoms with Crippen molar-refractivity contribution in [3.05, 3.63) is 102 Å². The second-order valence-electron chi connectivity index (χ2n) is 8.93. The molecule has 0 radical (unpaired) electrons. The van der Waals surface area contributed by atoms with E-state index in [1.54, 1.807) is 12.1 Å². The third-order valence-corrected chi connectivity index (χ3v) is 6.07. The number of nitrogens with zero attached hydrogens (tertiary/aromatic N) is 3. The minimum atomic E-state index is -0.129. The average Bonchev–Trinajstić information content (AvgIpc) is 3.30. The van der Waals surface area contributed by atoms with Crippen LogP contribution in [0.1, 0.15) is 34.1 Å². The molecule has 0 bridgehead atoms. The van der Waals surface area contributed by atoms with Gasteiger partial charge in [-0.1, -0.05) is 36.4 Å². The van der Waals surface area contributed by atoms with Crippen LogP contribution in [-0.4, -0.2) is 46.0 Å². The van der Waals surface area contributed by atoms with Gasteiger partial charge in [-0.25, -0.2) is 4.98 Å². The molecule has 0 saturated carbocycles. The lowest BCUT2D eigenvalue weighted by Crippen LogP contribution is -2.40. The van der Waals surface area contributed by atoms with Crippen LogP contribution < -0.4 is 10.1 Å². The third-order valence-electron chi connectivity index (χ3n) is 6.07. The summed E-state index contributed by atoms with van der Waals surface area (Å²) in [6, 6.07) is 21.5. The van der Waals surface area contributed by atoms with Crippen molar-refractivity contribution in [2.24, 2.45) is 0 Å². The van der Waals surface area contributed by atoms with Crippen molar-refractivity contribution in [1.82, 2.24) is 19.6 Å². The smallest absolute Gasteiger partial charge is 0.251 e. The first kappa shape index (κ1) is 23.1. The number of morpholine rings is 1. The summed E-state index contributed by atoms with van der Waals surface area (Å²) in [5.74, 6) is 0.507. The Morgan fingerprint density at radius 2 is 2.00 bits per heavy atom. The molecule has 1 atom stereocenters. The maximum absolute atomic E-state index is 12.8. The fraction of sp³-hybridized carbons (Fsp3) is 0.286. The van der Waals surface area contributed by atoms with Gasteiger partial charge in [0.1, 0.15) is 18.0 Å². The van der Waals surface area contributed by atoms with E-state index in [9.17, 15) is 4.79 Å². The summed E-state index contributed by atoms with van der Waals surface area (Å²) in [5.41, 5.74) is 4.60.